The van der Waals surface area contributed by atoms with Crippen molar-refractivity contribution in [2.45, 2.75) is 50.8 Å². The van der Waals surface area contributed by atoms with Crippen molar-refractivity contribution in [2.24, 2.45) is 0 Å². The number of rotatable bonds is 9. The van der Waals surface area contributed by atoms with Crippen LogP contribution < -0.4 is 5.32 Å². The van der Waals surface area contributed by atoms with E-state index in [1.165, 1.54) is 31.5 Å². The van der Waals surface area contributed by atoms with Crippen LogP contribution in [0.2, 0.25) is 0 Å². The number of hydrogen-bond acceptors (Lipinski definition) is 6. The van der Waals surface area contributed by atoms with E-state index in [4.69, 9.17) is 0 Å². The highest BCUT2D eigenvalue weighted by Crippen LogP contribution is 2.25. The number of hydrogen-bond donors (Lipinski definition) is 2. The van der Waals surface area contributed by atoms with Gasteiger partial charge < -0.3 is 15.3 Å². The average Bonchev–Trinajstić information content (AvgIpc) is 3.46. The zero-order valence-corrected chi connectivity index (χ0v) is 18.2. The van der Waals surface area contributed by atoms with Gasteiger partial charge >= 0.3 is 0 Å². The van der Waals surface area contributed by atoms with E-state index in [0.29, 0.717) is 31.6 Å². The number of nitrogens with zero attached hydrogens (tertiary/aromatic N) is 5. The highest BCUT2D eigenvalue weighted by Gasteiger charge is 2.33. The lowest BCUT2D eigenvalue weighted by Gasteiger charge is -2.38. The van der Waals surface area contributed by atoms with Crippen LogP contribution in [0.5, 0.6) is 0 Å². The average molecular weight is 427 g/mol. The number of piperidine rings is 1. The van der Waals surface area contributed by atoms with Crippen molar-refractivity contribution >= 4 is 5.91 Å². The van der Waals surface area contributed by atoms with Gasteiger partial charge in [-0.25, -0.2) is 4.68 Å². The van der Waals surface area contributed by atoms with E-state index in [-0.39, 0.29) is 5.91 Å². The summed E-state index contributed by atoms with van der Waals surface area (Å²) >= 11 is 0. The molecule has 31 heavy (non-hydrogen) atoms. The third kappa shape index (κ3) is 6.35. The Hall–Kier alpha value is -2.29. The first kappa shape index (κ1) is 21.9. The fraction of sp³-hybridized carbons (Fsp3) is 0.609. The monoisotopic (exact) mass is 426 g/mol. The molecule has 0 saturated carbocycles. The van der Waals surface area contributed by atoms with Crippen LogP contribution in [0.1, 0.15) is 48.2 Å². The van der Waals surface area contributed by atoms with Crippen molar-refractivity contribution < 1.29 is 9.90 Å². The number of nitrogens with one attached hydrogen (secondary N) is 1. The van der Waals surface area contributed by atoms with Gasteiger partial charge in [0, 0.05) is 26.2 Å². The second-order valence-corrected chi connectivity index (χ2v) is 8.95. The second-order valence-electron chi connectivity index (χ2n) is 8.95. The van der Waals surface area contributed by atoms with Gasteiger partial charge in [0.2, 0.25) is 0 Å². The Labute approximate surface area is 184 Å². The van der Waals surface area contributed by atoms with Crippen LogP contribution >= 0.6 is 0 Å². The molecule has 2 aliphatic rings. The summed E-state index contributed by atoms with van der Waals surface area (Å²) in [4.78, 5) is 17.1. The molecule has 3 heterocycles. The van der Waals surface area contributed by atoms with E-state index in [1.54, 1.807) is 10.9 Å². The molecular formula is C23H34N6O2. The summed E-state index contributed by atoms with van der Waals surface area (Å²) in [5, 5.41) is 22.0. The summed E-state index contributed by atoms with van der Waals surface area (Å²) in [7, 11) is 0. The van der Waals surface area contributed by atoms with Crippen molar-refractivity contribution in [2.75, 3.05) is 39.3 Å². The first-order chi connectivity index (χ1) is 15.1. The topological polar surface area (TPSA) is 86.5 Å². The summed E-state index contributed by atoms with van der Waals surface area (Å²) in [6, 6.07) is 10.4. The van der Waals surface area contributed by atoms with E-state index in [2.05, 4.69) is 49.7 Å². The van der Waals surface area contributed by atoms with E-state index in [9.17, 15) is 9.90 Å². The normalized spacial score (nSPS) is 19.5. The Morgan fingerprint density at radius 2 is 1.81 bits per heavy atom. The van der Waals surface area contributed by atoms with Gasteiger partial charge in [-0.3, -0.25) is 9.69 Å². The van der Waals surface area contributed by atoms with Crippen LogP contribution in [-0.2, 0) is 13.1 Å². The molecule has 0 bridgehead atoms. The van der Waals surface area contributed by atoms with Crippen molar-refractivity contribution in [1.82, 2.24) is 30.1 Å². The molecule has 1 aromatic heterocycles. The molecule has 1 aromatic carbocycles. The third-order valence-corrected chi connectivity index (χ3v) is 6.40. The summed E-state index contributed by atoms with van der Waals surface area (Å²) in [5.41, 5.74) is 0.788. The number of amides is 1. The quantitative estimate of drug-likeness (QED) is 0.592. The van der Waals surface area contributed by atoms with Crippen molar-refractivity contribution in [3.05, 3.63) is 47.8 Å². The summed E-state index contributed by atoms with van der Waals surface area (Å²) in [6.07, 6.45) is 6.51. The smallest absolute Gasteiger partial charge is 0.273 e. The Morgan fingerprint density at radius 1 is 1.06 bits per heavy atom. The van der Waals surface area contributed by atoms with Gasteiger partial charge in [0.05, 0.1) is 18.3 Å². The summed E-state index contributed by atoms with van der Waals surface area (Å²) in [5.74, 6) is -0.197. The fourth-order valence-corrected chi connectivity index (χ4v) is 4.51. The van der Waals surface area contributed by atoms with Crippen molar-refractivity contribution in [3.8, 4) is 0 Å². The van der Waals surface area contributed by atoms with Gasteiger partial charge in [0.1, 0.15) is 0 Å². The molecule has 8 heteroatoms. The predicted octanol–water partition coefficient (Wildman–Crippen LogP) is 1.52. The molecule has 4 rings (SSSR count). The highest BCUT2D eigenvalue weighted by atomic mass is 16.3. The number of aliphatic hydroxyl groups is 1. The van der Waals surface area contributed by atoms with Gasteiger partial charge in [-0.2, -0.15) is 0 Å². The van der Waals surface area contributed by atoms with Crippen LogP contribution in [0.4, 0.5) is 0 Å². The van der Waals surface area contributed by atoms with Gasteiger partial charge in [0.25, 0.3) is 5.91 Å². The Morgan fingerprint density at radius 3 is 2.55 bits per heavy atom. The number of carbonyl (C=O) groups is 1. The maximum absolute atomic E-state index is 12.3. The minimum Gasteiger partial charge on any atom is -0.388 e. The molecule has 2 fully saturated rings. The molecule has 2 aliphatic heterocycles. The first-order valence-corrected chi connectivity index (χ1v) is 11.5. The van der Waals surface area contributed by atoms with Crippen molar-refractivity contribution in [3.63, 3.8) is 0 Å². The minimum absolute atomic E-state index is 0.197. The van der Waals surface area contributed by atoms with Gasteiger partial charge in [-0.05, 0) is 57.3 Å². The molecule has 2 N–H and O–H groups in total. The molecule has 2 aromatic rings. The van der Waals surface area contributed by atoms with Crippen LogP contribution in [0, 0.1) is 0 Å². The molecule has 0 atom stereocenters. The third-order valence-electron chi connectivity index (χ3n) is 6.40. The Kier molecular flexibility index (Phi) is 7.32. The minimum atomic E-state index is -0.815. The predicted molar refractivity (Wildman–Crippen MR) is 119 cm³/mol. The number of aromatic nitrogens is 3. The molecule has 2 saturated heterocycles. The molecular weight excluding hydrogens is 392 g/mol. The Bertz CT molecular complexity index is 826. The van der Waals surface area contributed by atoms with Crippen LogP contribution in [-0.4, -0.2) is 80.7 Å². The van der Waals surface area contributed by atoms with Gasteiger partial charge in [-0.1, -0.05) is 35.5 Å². The van der Waals surface area contributed by atoms with E-state index in [1.807, 2.05) is 6.07 Å². The fourth-order valence-electron chi connectivity index (χ4n) is 4.51. The number of likely N-dealkylation sites (tertiary alicyclic amines) is 2. The van der Waals surface area contributed by atoms with Gasteiger partial charge in [0.15, 0.2) is 5.69 Å². The van der Waals surface area contributed by atoms with Crippen molar-refractivity contribution in [1.29, 1.82) is 0 Å². The second kappa shape index (κ2) is 10.3. The summed E-state index contributed by atoms with van der Waals surface area (Å²) < 4.78 is 1.60. The number of carbonyl (C=O) groups excluding carboxylic acids is 1. The summed E-state index contributed by atoms with van der Waals surface area (Å²) in [6.45, 7) is 6.97. The molecule has 0 radical (unpaired) electrons. The Balaban J connectivity index is 1.19. The molecule has 1 amide bonds. The van der Waals surface area contributed by atoms with Crippen LogP contribution in [0.3, 0.4) is 0 Å². The largest absolute Gasteiger partial charge is 0.388 e. The zero-order valence-electron chi connectivity index (χ0n) is 18.2. The zero-order chi connectivity index (χ0) is 21.5. The molecule has 0 unspecified atom stereocenters. The lowest BCUT2D eigenvalue weighted by molar-refractivity contribution is -0.0383. The molecule has 0 spiro atoms. The maximum atomic E-state index is 12.3. The SMILES string of the molecule is O=C(NCCCN1CCCC1)c1cn(CC2(O)CCN(Cc3ccccc3)CC2)nn1. The van der Waals surface area contributed by atoms with E-state index < -0.39 is 5.60 Å². The molecule has 168 valence electrons. The molecule has 0 aliphatic carbocycles. The van der Waals surface area contributed by atoms with Crippen LogP contribution in [0.25, 0.3) is 0 Å². The van der Waals surface area contributed by atoms with Gasteiger partial charge in [-0.15, -0.1) is 5.10 Å². The van der Waals surface area contributed by atoms with E-state index >= 15 is 0 Å². The highest BCUT2D eigenvalue weighted by molar-refractivity contribution is 5.91. The standard InChI is InChI=1S/C23H34N6O2/c30-22(24-11-6-14-27-12-4-5-13-27)21-18-29(26-25-21)19-23(31)9-15-28(16-10-23)17-20-7-2-1-3-8-20/h1-3,7-8,18,31H,4-6,9-17,19H2,(H,24,30). The lowest BCUT2D eigenvalue weighted by atomic mass is 9.91. The first-order valence-electron chi connectivity index (χ1n) is 11.5. The maximum Gasteiger partial charge on any atom is 0.273 e. The number of benzene rings is 1. The molecule has 8 nitrogen and oxygen atoms in total. The lowest BCUT2D eigenvalue weighted by Crippen LogP contribution is -2.46. The van der Waals surface area contributed by atoms with E-state index in [0.717, 1.165) is 32.6 Å². The van der Waals surface area contributed by atoms with Crippen LogP contribution in [0.15, 0.2) is 36.5 Å².